The number of hydrogen-bond acceptors (Lipinski definition) is 6. The van der Waals surface area contributed by atoms with Gasteiger partial charge in [-0.2, -0.15) is 0 Å². The summed E-state index contributed by atoms with van der Waals surface area (Å²) in [6.45, 7) is 1.14. The highest BCUT2D eigenvalue weighted by Crippen LogP contribution is 2.37. The minimum Gasteiger partial charge on any atom is -0.495 e. The Kier molecular flexibility index (Phi) is 7.50. The molecule has 1 amide bonds. The first-order chi connectivity index (χ1) is 12.6. The van der Waals surface area contributed by atoms with Gasteiger partial charge in [0.05, 0.1) is 24.9 Å². The number of nitrogens with one attached hydrogen (secondary N) is 2. The first kappa shape index (κ1) is 19.8. The molecule has 0 aliphatic carbocycles. The van der Waals surface area contributed by atoms with Crippen LogP contribution in [0.2, 0.25) is 5.02 Å². The lowest BCUT2D eigenvalue weighted by Gasteiger charge is -2.14. The molecular weight excluding hydrogens is 358 g/mol. The third-order valence-corrected chi connectivity index (χ3v) is 3.86. The molecule has 0 unspecified atom stereocenters. The smallest absolute Gasteiger partial charge is 0.251 e. The Morgan fingerprint density at radius 1 is 1.15 bits per heavy atom. The molecule has 0 saturated heterocycles. The van der Waals surface area contributed by atoms with Crippen molar-refractivity contribution in [3.8, 4) is 11.5 Å². The van der Waals surface area contributed by atoms with Gasteiger partial charge in [-0.05, 0) is 18.6 Å². The molecular formula is C18H22ClN3O4. The van der Waals surface area contributed by atoms with Gasteiger partial charge in [-0.3, -0.25) is 4.79 Å². The molecule has 2 N–H and O–H groups in total. The maximum atomic E-state index is 12.2. The lowest BCUT2D eigenvalue weighted by atomic mass is 10.2. The lowest BCUT2D eigenvalue weighted by molar-refractivity contribution is 0.0948. The Balaban J connectivity index is 2.14. The summed E-state index contributed by atoms with van der Waals surface area (Å²) >= 11 is 6.11. The molecule has 140 valence electrons. The summed E-state index contributed by atoms with van der Waals surface area (Å²) in [6.07, 6.45) is 2.31. The molecule has 1 heterocycles. The molecule has 0 bridgehead atoms. The van der Waals surface area contributed by atoms with Crippen molar-refractivity contribution in [3.63, 3.8) is 0 Å². The largest absolute Gasteiger partial charge is 0.495 e. The monoisotopic (exact) mass is 379 g/mol. The molecule has 0 aliphatic heterocycles. The van der Waals surface area contributed by atoms with Crippen LogP contribution in [0.1, 0.15) is 16.8 Å². The van der Waals surface area contributed by atoms with Gasteiger partial charge in [0.25, 0.3) is 5.91 Å². The first-order valence-corrected chi connectivity index (χ1v) is 8.38. The van der Waals surface area contributed by atoms with Crippen LogP contribution in [0.15, 0.2) is 30.5 Å². The lowest BCUT2D eigenvalue weighted by Crippen LogP contribution is -2.25. The van der Waals surface area contributed by atoms with Crippen molar-refractivity contribution >= 4 is 29.0 Å². The highest BCUT2D eigenvalue weighted by Gasteiger charge is 2.12. The number of anilines is 2. The molecule has 8 heteroatoms. The number of carbonyl (C=O) groups is 1. The summed E-state index contributed by atoms with van der Waals surface area (Å²) in [5.74, 6) is 1.36. The van der Waals surface area contributed by atoms with E-state index in [9.17, 15) is 4.79 Å². The van der Waals surface area contributed by atoms with Gasteiger partial charge in [-0.15, -0.1) is 0 Å². The quantitative estimate of drug-likeness (QED) is 0.651. The number of hydrogen-bond donors (Lipinski definition) is 2. The number of pyridine rings is 1. The average molecular weight is 380 g/mol. The zero-order chi connectivity index (χ0) is 18.9. The number of carbonyl (C=O) groups excluding carboxylic acids is 1. The van der Waals surface area contributed by atoms with Gasteiger partial charge in [0.2, 0.25) is 0 Å². The molecule has 0 radical (unpaired) electrons. The summed E-state index contributed by atoms with van der Waals surface area (Å²) < 4.78 is 15.5. The van der Waals surface area contributed by atoms with Gasteiger partial charge in [-0.25, -0.2) is 4.98 Å². The van der Waals surface area contributed by atoms with Crippen LogP contribution in [0.3, 0.4) is 0 Å². The fraction of sp³-hybridized carbons (Fsp3) is 0.333. The van der Waals surface area contributed by atoms with Crippen molar-refractivity contribution in [2.45, 2.75) is 6.42 Å². The summed E-state index contributed by atoms with van der Waals surface area (Å²) in [6, 6.07) is 6.66. The number of amides is 1. The minimum atomic E-state index is -0.174. The molecule has 0 spiro atoms. The Labute approximate surface area is 157 Å². The van der Waals surface area contributed by atoms with E-state index in [0.29, 0.717) is 46.7 Å². The number of nitrogens with zero attached hydrogens (tertiary/aromatic N) is 1. The van der Waals surface area contributed by atoms with Crippen molar-refractivity contribution in [1.29, 1.82) is 0 Å². The Morgan fingerprint density at radius 3 is 2.62 bits per heavy atom. The molecule has 2 rings (SSSR count). The average Bonchev–Trinajstić information content (AvgIpc) is 2.66. The highest BCUT2D eigenvalue weighted by atomic mass is 35.5. The number of methoxy groups -OCH3 is 3. The molecule has 7 nitrogen and oxygen atoms in total. The predicted octanol–water partition coefficient (Wildman–Crippen LogP) is 3.26. The Morgan fingerprint density at radius 2 is 1.92 bits per heavy atom. The maximum absolute atomic E-state index is 12.2. The van der Waals surface area contributed by atoms with Gasteiger partial charge >= 0.3 is 0 Å². The molecule has 0 saturated carbocycles. The highest BCUT2D eigenvalue weighted by molar-refractivity contribution is 6.32. The van der Waals surface area contributed by atoms with Crippen LogP contribution in [0, 0.1) is 0 Å². The van der Waals surface area contributed by atoms with Crippen LogP contribution in [0.5, 0.6) is 11.5 Å². The molecule has 0 fully saturated rings. The van der Waals surface area contributed by atoms with E-state index in [-0.39, 0.29) is 5.91 Å². The summed E-state index contributed by atoms with van der Waals surface area (Å²) in [7, 11) is 4.70. The third kappa shape index (κ3) is 5.24. The normalized spacial score (nSPS) is 10.3. The number of halogens is 1. The summed E-state index contributed by atoms with van der Waals surface area (Å²) in [5.41, 5.74) is 1.12. The van der Waals surface area contributed by atoms with Gasteiger partial charge < -0.3 is 24.8 Å². The van der Waals surface area contributed by atoms with Crippen LogP contribution in [-0.2, 0) is 4.74 Å². The topological polar surface area (TPSA) is 81.7 Å². The zero-order valence-electron chi connectivity index (χ0n) is 15.0. The molecule has 1 aromatic heterocycles. The predicted molar refractivity (Wildman–Crippen MR) is 101 cm³/mol. The molecule has 26 heavy (non-hydrogen) atoms. The Bertz CT molecular complexity index is 755. The zero-order valence-corrected chi connectivity index (χ0v) is 15.7. The van der Waals surface area contributed by atoms with E-state index in [2.05, 4.69) is 15.6 Å². The van der Waals surface area contributed by atoms with Crippen molar-refractivity contribution < 1.29 is 19.0 Å². The number of rotatable bonds is 9. The van der Waals surface area contributed by atoms with Gasteiger partial charge in [0.1, 0.15) is 17.3 Å². The standard InChI is InChI=1S/C18H22ClN3O4/c1-24-8-4-6-21-18(23)12-5-7-20-17(9-12)22-14-11-15(25-2)13(19)10-16(14)26-3/h5,7,9-11H,4,6,8H2,1-3H3,(H,20,22)(H,21,23). The van der Waals surface area contributed by atoms with E-state index < -0.39 is 0 Å². The van der Waals surface area contributed by atoms with Crippen LogP contribution >= 0.6 is 11.6 Å². The second-order valence-corrected chi connectivity index (χ2v) is 5.75. The van der Waals surface area contributed by atoms with Crippen LogP contribution < -0.4 is 20.1 Å². The van der Waals surface area contributed by atoms with Crippen molar-refractivity contribution in [2.75, 3.05) is 39.8 Å². The van der Waals surface area contributed by atoms with Crippen LogP contribution in [0.25, 0.3) is 0 Å². The maximum Gasteiger partial charge on any atom is 0.251 e. The van der Waals surface area contributed by atoms with Gasteiger partial charge in [0, 0.05) is 44.2 Å². The van der Waals surface area contributed by atoms with E-state index in [1.54, 1.807) is 44.7 Å². The molecule has 1 aromatic carbocycles. The number of ether oxygens (including phenoxy) is 3. The second-order valence-electron chi connectivity index (χ2n) is 5.34. The number of aromatic nitrogens is 1. The van der Waals surface area contributed by atoms with Gasteiger partial charge in [-0.1, -0.05) is 11.6 Å². The van der Waals surface area contributed by atoms with Crippen molar-refractivity contribution in [3.05, 3.63) is 41.0 Å². The van der Waals surface area contributed by atoms with Crippen LogP contribution in [-0.4, -0.2) is 45.4 Å². The summed E-state index contributed by atoms with van der Waals surface area (Å²) in [4.78, 5) is 16.5. The van der Waals surface area contributed by atoms with E-state index in [1.165, 1.54) is 7.11 Å². The third-order valence-electron chi connectivity index (χ3n) is 3.57. The fourth-order valence-electron chi connectivity index (χ4n) is 2.26. The minimum absolute atomic E-state index is 0.174. The second kappa shape index (κ2) is 9.84. The van der Waals surface area contributed by atoms with Crippen molar-refractivity contribution in [2.24, 2.45) is 0 Å². The first-order valence-electron chi connectivity index (χ1n) is 8.00. The Hall–Kier alpha value is -2.51. The van der Waals surface area contributed by atoms with E-state index >= 15 is 0 Å². The van der Waals surface area contributed by atoms with Gasteiger partial charge in [0.15, 0.2) is 0 Å². The van der Waals surface area contributed by atoms with E-state index in [0.717, 1.165) is 6.42 Å². The molecule has 2 aromatic rings. The van der Waals surface area contributed by atoms with Crippen molar-refractivity contribution in [1.82, 2.24) is 10.3 Å². The van der Waals surface area contributed by atoms with Crippen LogP contribution in [0.4, 0.5) is 11.5 Å². The molecule has 0 atom stereocenters. The SMILES string of the molecule is COCCCNC(=O)c1ccnc(Nc2cc(OC)c(Cl)cc2OC)c1. The molecule has 0 aliphatic rings. The number of benzene rings is 1. The van der Waals surface area contributed by atoms with E-state index in [1.807, 2.05) is 0 Å². The van der Waals surface area contributed by atoms with E-state index in [4.69, 9.17) is 25.8 Å². The fourth-order valence-corrected chi connectivity index (χ4v) is 2.49. The summed E-state index contributed by atoms with van der Waals surface area (Å²) in [5, 5.41) is 6.40.